The van der Waals surface area contributed by atoms with Crippen LogP contribution in [0.15, 0.2) is 60.0 Å². The summed E-state index contributed by atoms with van der Waals surface area (Å²) in [5.41, 5.74) is 1.40. The minimum absolute atomic E-state index is 0.240. The average molecular weight is 353 g/mol. The van der Waals surface area contributed by atoms with Crippen molar-refractivity contribution in [3.8, 4) is 5.75 Å². The fourth-order valence-electron chi connectivity index (χ4n) is 2.06. The molecule has 0 saturated heterocycles. The third-order valence-corrected chi connectivity index (χ3v) is 4.10. The Labute approximate surface area is 148 Å². The van der Waals surface area contributed by atoms with E-state index in [1.165, 1.54) is 11.3 Å². The summed E-state index contributed by atoms with van der Waals surface area (Å²) in [6, 6.07) is 15.8. The number of ether oxygens (including phenoxy) is 1. The summed E-state index contributed by atoms with van der Waals surface area (Å²) in [5, 5.41) is 7.40. The number of anilines is 2. The highest BCUT2D eigenvalue weighted by atomic mass is 32.1. The van der Waals surface area contributed by atoms with Gasteiger partial charge < -0.3 is 10.1 Å². The van der Waals surface area contributed by atoms with Gasteiger partial charge in [0, 0.05) is 16.6 Å². The van der Waals surface area contributed by atoms with Crippen LogP contribution in [0.3, 0.4) is 0 Å². The van der Waals surface area contributed by atoms with E-state index in [4.69, 9.17) is 4.74 Å². The van der Waals surface area contributed by atoms with Gasteiger partial charge in [0.1, 0.15) is 11.4 Å². The van der Waals surface area contributed by atoms with E-state index in [1.807, 2.05) is 6.07 Å². The van der Waals surface area contributed by atoms with Crippen molar-refractivity contribution in [2.24, 2.45) is 0 Å². The Morgan fingerprint density at radius 2 is 1.68 bits per heavy atom. The monoisotopic (exact) mass is 353 g/mol. The minimum Gasteiger partial charge on any atom is -0.497 e. The Kier molecular flexibility index (Phi) is 5.06. The second kappa shape index (κ2) is 7.59. The molecule has 25 heavy (non-hydrogen) atoms. The number of carbonyl (C=O) groups is 2. The summed E-state index contributed by atoms with van der Waals surface area (Å²) in [5.74, 6) is 0.0938. The Bertz CT molecular complexity index is 876. The number of thiazole rings is 1. The van der Waals surface area contributed by atoms with Gasteiger partial charge in [0.2, 0.25) is 0 Å². The summed E-state index contributed by atoms with van der Waals surface area (Å²) in [6.45, 7) is 0. The van der Waals surface area contributed by atoms with Crippen LogP contribution in [0.2, 0.25) is 0 Å². The van der Waals surface area contributed by atoms with Crippen LogP contribution >= 0.6 is 11.3 Å². The van der Waals surface area contributed by atoms with Crippen molar-refractivity contribution in [3.63, 3.8) is 0 Å². The van der Waals surface area contributed by atoms with E-state index >= 15 is 0 Å². The van der Waals surface area contributed by atoms with Gasteiger partial charge in [0.25, 0.3) is 11.8 Å². The largest absolute Gasteiger partial charge is 0.497 e. The average Bonchev–Trinajstić information content (AvgIpc) is 3.12. The summed E-state index contributed by atoms with van der Waals surface area (Å²) < 4.78 is 5.07. The SMILES string of the molecule is COc1ccc(NC(=O)c2csc(NC(=O)c3ccccc3)n2)cc1. The second-order valence-corrected chi connectivity index (χ2v) is 5.90. The van der Waals surface area contributed by atoms with Crippen LogP contribution in [-0.2, 0) is 0 Å². The minimum atomic E-state index is -0.346. The van der Waals surface area contributed by atoms with Crippen LogP contribution in [0.25, 0.3) is 0 Å². The smallest absolute Gasteiger partial charge is 0.275 e. The topological polar surface area (TPSA) is 80.3 Å². The molecule has 0 saturated carbocycles. The van der Waals surface area contributed by atoms with E-state index < -0.39 is 0 Å². The van der Waals surface area contributed by atoms with Crippen LogP contribution in [0.1, 0.15) is 20.8 Å². The molecule has 1 aromatic heterocycles. The number of nitrogens with zero attached hydrogens (tertiary/aromatic N) is 1. The van der Waals surface area contributed by atoms with Crippen molar-refractivity contribution in [2.75, 3.05) is 17.7 Å². The third-order valence-electron chi connectivity index (χ3n) is 3.34. The number of amides is 2. The highest BCUT2D eigenvalue weighted by Crippen LogP contribution is 2.19. The Hall–Kier alpha value is -3.19. The number of rotatable bonds is 5. The molecule has 2 aromatic carbocycles. The summed E-state index contributed by atoms with van der Waals surface area (Å²) >= 11 is 1.19. The maximum absolute atomic E-state index is 12.2. The van der Waals surface area contributed by atoms with Gasteiger partial charge in [-0.15, -0.1) is 11.3 Å². The lowest BCUT2D eigenvalue weighted by atomic mass is 10.2. The van der Waals surface area contributed by atoms with Gasteiger partial charge in [-0.2, -0.15) is 0 Å². The molecule has 7 heteroatoms. The molecule has 1 heterocycles. The molecule has 0 radical (unpaired) electrons. The Morgan fingerprint density at radius 1 is 0.960 bits per heavy atom. The second-order valence-electron chi connectivity index (χ2n) is 5.04. The van der Waals surface area contributed by atoms with Gasteiger partial charge in [-0.25, -0.2) is 4.98 Å². The molecule has 0 fully saturated rings. The van der Waals surface area contributed by atoms with Crippen LogP contribution < -0.4 is 15.4 Å². The third kappa shape index (κ3) is 4.21. The van der Waals surface area contributed by atoms with Crippen molar-refractivity contribution in [2.45, 2.75) is 0 Å². The molecular formula is C18H15N3O3S. The van der Waals surface area contributed by atoms with Crippen molar-refractivity contribution >= 4 is 34.0 Å². The van der Waals surface area contributed by atoms with Gasteiger partial charge in [0.05, 0.1) is 7.11 Å². The summed E-state index contributed by atoms with van der Waals surface area (Å²) in [7, 11) is 1.58. The van der Waals surface area contributed by atoms with Crippen molar-refractivity contribution in [1.29, 1.82) is 0 Å². The van der Waals surface area contributed by atoms with Gasteiger partial charge in [-0.3, -0.25) is 14.9 Å². The molecule has 0 aliphatic rings. The molecule has 3 rings (SSSR count). The maximum atomic E-state index is 12.2. The number of nitrogens with one attached hydrogen (secondary N) is 2. The number of carbonyl (C=O) groups excluding carboxylic acids is 2. The fraction of sp³-hybridized carbons (Fsp3) is 0.0556. The van der Waals surface area contributed by atoms with Crippen molar-refractivity contribution in [3.05, 3.63) is 71.2 Å². The number of hydrogen-bond acceptors (Lipinski definition) is 5. The lowest BCUT2D eigenvalue weighted by Gasteiger charge is -2.04. The van der Waals surface area contributed by atoms with Crippen molar-refractivity contribution < 1.29 is 14.3 Å². The van der Waals surface area contributed by atoms with Crippen LogP contribution in [0, 0.1) is 0 Å². The zero-order chi connectivity index (χ0) is 17.6. The Balaban J connectivity index is 1.64. The lowest BCUT2D eigenvalue weighted by Crippen LogP contribution is -2.14. The van der Waals surface area contributed by atoms with E-state index in [2.05, 4.69) is 15.6 Å². The zero-order valence-electron chi connectivity index (χ0n) is 13.4. The number of benzene rings is 2. The zero-order valence-corrected chi connectivity index (χ0v) is 14.2. The molecule has 0 atom stereocenters. The lowest BCUT2D eigenvalue weighted by molar-refractivity contribution is 0.101. The molecule has 0 spiro atoms. The Morgan fingerprint density at radius 3 is 2.36 bits per heavy atom. The highest BCUT2D eigenvalue weighted by Gasteiger charge is 2.13. The summed E-state index contributed by atoms with van der Waals surface area (Å²) in [4.78, 5) is 28.5. The van der Waals surface area contributed by atoms with Gasteiger partial charge in [0.15, 0.2) is 5.13 Å². The molecule has 0 unspecified atom stereocenters. The van der Waals surface area contributed by atoms with E-state index in [1.54, 1.807) is 61.0 Å². The molecule has 0 bridgehead atoms. The molecular weight excluding hydrogens is 338 g/mol. The number of methoxy groups -OCH3 is 1. The first-order valence-electron chi connectivity index (χ1n) is 7.43. The molecule has 6 nitrogen and oxygen atoms in total. The van der Waals surface area contributed by atoms with E-state index in [0.29, 0.717) is 22.1 Å². The summed E-state index contributed by atoms with van der Waals surface area (Å²) in [6.07, 6.45) is 0. The van der Waals surface area contributed by atoms with Crippen LogP contribution in [-0.4, -0.2) is 23.9 Å². The molecule has 3 aromatic rings. The molecule has 0 aliphatic carbocycles. The number of aromatic nitrogens is 1. The molecule has 0 aliphatic heterocycles. The van der Waals surface area contributed by atoms with Gasteiger partial charge in [-0.05, 0) is 36.4 Å². The first kappa shape index (κ1) is 16.7. The maximum Gasteiger partial charge on any atom is 0.275 e. The predicted octanol–water partition coefficient (Wildman–Crippen LogP) is 3.66. The van der Waals surface area contributed by atoms with Gasteiger partial charge >= 0.3 is 0 Å². The van der Waals surface area contributed by atoms with Crippen LogP contribution in [0.5, 0.6) is 5.75 Å². The molecule has 126 valence electrons. The van der Waals surface area contributed by atoms with E-state index in [0.717, 1.165) is 0 Å². The normalized spacial score (nSPS) is 10.1. The highest BCUT2D eigenvalue weighted by molar-refractivity contribution is 7.14. The van der Waals surface area contributed by atoms with E-state index in [-0.39, 0.29) is 17.5 Å². The molecule has 2 amide bonds. The fourth-order valence-corrected chi connectivity index (χ4v) is 2.75. The van der Waals surface area contributed by atoms with Crippen LogP contribution in [0.4, 0.5) is 10.8 Å². The first-order chi connectivity index (χ1) is 12.2. The standard InChI is InChI=1S/C18H15N3O3S/c1-24-14-9-7-13(8-10-14)19-17(23)15-11-25-18(20-15)21-16(22)12-5-3-2-4-6-12/h2-11H,1H3,(H,19,23)(H,20,21,22). The number of hydrogen-bond donors (Lipinski definition) is 2. The molecule has 2 N–H and O–H groups in total. The van der Waals surface area contributed by atoms with E-state index in [9.17, 15) is 9.59 Å². The van der Waals surface area contributed by atoms with Crippen molar-refractivity contribution in [1.82, 2.24) is 4.98 Å². The quantitative estimate of drug-likeness (QED) is 0.734. The first-order valence-corrected chi connectivity index (χ1v) is 8.31. The van der Waals surface area contributed by atoms with Gasteiger partial charge in [-0.1, -0.05) is 18.2 Å². The predicted molar refractivity (Wildman–Crippen MR) is 97.5 cm³/mol.